The number of hydrogen-bond donors (Lipinski definition) is 1. The first-order chi connectivity index (χ1) is 16.6. The summed E-state index contributed by atoms with van der Waals surface area (Å²) < 4.78 is 23.5. The Kier molecular flexibility index (Phi) is 5.61. The van der Waals surface area contributed by atoms with Gasteiger partial charge < -0.3 is 24.3 Å². The molecule has 2 aromatic carbocycles. The van der Waals surface area contributed by atoms with Crippen LogP contribution in [0.25, 0.3) is 11.4 Å². The summed E-state index contributed by atoms with van der Waals surface area (Å²) in [6, 6.07) is 10.9. The molecule has 1 aliphatic carbocycles. The predicted octanol–water partition coefficient (Wildman–Crippen LogP) is 4.00. The molecular weight excluding hydrogens is 436 g/mol. The highest BCUT2D eigenvalue weighted by molar-refractivity contribution is 5.99. The van der Waals surface area contributed by atoms with E-state index >= 15 is 0 Å². The molecule has 0 spiro atoms. The van der Waals surface area contributed by atoms with Gasteiger partial charge in [0.25, 0.3) is 0 Å². The SMILES string of the molecule is COc1ccc([C@@H]2C3=C(CCCC3=O)Nc3nc(-c4cc(OC)c(OC)c(OC)c4)nn32)cc1. The quantitative estimate of drug-likeness (QED) is 0.587. The molecule has 34 heavy (non-hydrogen) atoms. The van der Waals surface area contributed by atoms with Crippen molar-refractivity contribution in [1.82, 2.24) is 14.8 Å². The molecule has 0 bridgehead atoms. The van der Waals surface area contributed by atoms with Gasteiger partial charge in [-0.05, 0) is 42.7 Å². The lowest BCUT2D eigenvalue weighted by molar-refractivity contribution is -0.116. The van der Waals surface area contributed by atoms with Gasteiger partial charge in [0.1, 0.15) is 11.8 Å². The maximum Gasteiger partial charge on any atom is 0.226 e. The van der Waals surface area contributed by atoms with Gasteiger partial charge in [0.2, 0.25) is 11.7 Å². The topological polar surface area (TPSA) is 96.7 Å². The van der Waals surface area contributed by atoms with Crippen molar-refractivity contribution in [2.45, 2.75) is 25.3 Å². The van der Waals surface area contributed by atoms with Crippen molar-refractivity contribution in [1.29, 1.82) is 0 Å². The number of ether oxygens (including phenoxy) is 4. The van der Waals surface area contributed by atoms with Gasteiger partial charge in [-0.2, -0.15) is 4.98 Å². The number of carbonyl (C=O) groups excluding carboxylic acids is 1. The number of fused-ring (bicyclic) bond motifs is 1. The number of anilines is 1. The summed E-state index contributed by atoms with van der Waals surface area (Å²) in [5.74, 6) is 3.46. The lowest BCUT2D eigenvalue weighted by Gasteiger charge is -2.32. The number of methoxy groups -OCH3 is 4. The number of benzene rings is 2. The van der Waals surface area contributed by atoms with Gasteiger partial charge in [-0.3, -0.25) is 4.79 Å². The molecule has 1 aromatic heterocycles. The molecule has 1 aliphatic heterocycles. The van der Waals surface area contributed by atoms with Crippen molar-refractivity contribution in [2.24, 2.45) is 0 Å². The van der Waals surface area contributed by atoms with Crippen molar-refractivity contribution in [3.63, 3.8) is 0 Å². The molecule has 0 unspecified atom stereocenters. The number of rotatable bonds is 6. The van der Waals surface area contributed by atoms with Crippen LogP contribution in [0.2, 0.25) is 0 Å². The normalized spacial score (nSPS) is 16.9. The van der Waals surface area contributed by atoms with E-state index in [9.17, 15) is 4.79 Å². The van der Waals surface area contributed by atoms with E-state index in [1.165, 1.54) is 0 Å². The first-order valence-electron chi connectivity index (χ1n) is 11.0. The fraction of sp³-hybridized carbons (Fsp3) is 0.320. The van der Waals surface area contributed by atoms with E-state index in [-0.39, 0.29) is 11.8 Å². The molecule has 0 fully saturated rings. The van der Waals surface area contributed by atoms with Crippen LogP contribution in [0.3, 0.4) is 0 Å². The summed E-state index contributed by atoms with van der Waals surface area (Å²) in [6.07, 6.45) is 2.13. The van der Waals surface area contributed by atoms with Crippen LogP contribution in [-0.2, 0) is 4.79 Å². The summed E-state index contributed by atoms with van der Waals surface area (Å²) in [5, 5.41) is 8.18. The summed E-state index contributed by atoms with van der Waals surface area (Å²) in [6.45, 7) is 0. The van der Waals surface area contributed by atoms with E-state index in [0.29, 0.717) is 41.0 Å². The maximum atomic E-state index is 13.0. The number of allylic oxidation sites excluding steroid dienone is 2. The van der Waals surface area contributed by atoms with Crippen LogP contribution < -0.4 is 24.3 Å². The molecule has 176 valence electrons. The van der Waals surface area contributed by atoms with Gasteiger partial charge in [-0.15, -0.1) is 5.10 Å². The van der Waals surface area contributed by atoms with Gasteiger partial charge in [0.15, 0.2) is 23.1 Å². The molecule has 5 rings (SSSR count). The van der Waals surface area contributed by atoms with Crippen LogP contribution in [-0.4, -0.2) is 49.0 Å². The Morgan fingerprint density at radius 1 is 0.941 bits per heavy atom. The summed E-state index contributed by atoms with van der Waals surface area (Å²) in [7, 11) is 6.32. The van der Waals surface area contributed by atoms with Crippen LogP contribution in [0.1, 0.15) is 30.9 Å². The van der Waals surface area contributed by atoms with Crippen molar-refractivity contribution < 1.29 is 23.7 Å². The first-order valence-corrected chi connectivity index (χ1v) is 11.0. The number of carbonyl (C=O) groups is 1. The van der Waals surface area contributed by atoms with E-state index in [1.54, 1.807) is 33.1 Å². The zero-order valence-corrected chi connectivity index (χ0v) is 19.5. The van der Waals surface area contributed by atoms with Crippen molar-refractivity contribution in [3.05, 3.63) is 53.2 Å². The molecule has 9 nitrogen and oxygen atoms in total. The molecule has 0 radical (unpaired) electrons. The Morgan fingerprint density at radius 2 is 1.65 bits per heavy atom. The second kappa shape index (κ2) is 8.74. The summed E-state index contributed by atoms with van der Waals surface area (Å²) in [4.78, 5) is 17.8. The minimum Gasteiger partial charge on any atom is -0.497 e. The van der Waals surface area contributed by atoms with E-state index in [1.807, 2.05) is 36.4 Å². The zero-order valence-electron chi connectivity index (χ0n) is 19.5. The third-order valence-corrected chi connectivity index (χ3v) is 6.22. The molecular formula is C25H26N4O5. The monoisotopic (exact) mass is 462 g/mol. The molecule has 2 aliphatic rings. The predicted molar refractivity (Wildman–Crippen MR) is 126 cm³/mol. The second-order valence-electron chi connectivity index (χ2n) is 8.09. The highest BCUT2D eigenvalue weighted by Crippen LogP contribution is 2.43. The number of hydrogen-bond acceptors (Lipinski definition) is 8. The highest BCUT2D eigenvalue weighted by Gasteiger charge is 2.37. The number of nitrogens with one attached hydrogen (secondary N) is 1. The lowest BCUT2D eigenvalue weighted by atomic mass is 9.85. The van der Waals surface area contributed by atoms with E-state index in [0.717, 1.165) is 35.4 Å². The van der Waals surface area contributed by atoms with Gasteiger partial charge in [-0.25, -0.2) is 4.68 Å². The fourth-order valence-electron chi connectivity index (χ4n) is 4.58. The highest BCUT2D eigenvalue weighted by atomic mass is 16.5. The zero-order chi connectivity index (χ0) is 23.8. The molecule has 0 saturated heterocycles. The summed E-state index contributed by atoms with van der Waals surface area (Å²) >= 11 is 0. The molecule has 0 saturated carbocycles. The van der Waals surface area contributed by atoms with Crippen molar-refractivity contribution >= 4 is 11.7 Å². The molecule has 9 heteroatoms. The van der Waals surface area contributed by atoms with E-state index in [2.05, 4.69) is 5.32 Å². The first kappa shape index (κ1) is 21.8. The Labute approximate surface area is 197 Å². The molecule has 3 aromatic rings. The van der Waals surface area contributed by atoms with Crippen molar-refractivity contribution in [3.8, 4) is 34.4 Å². The molecule has 1 atom stereocenters. The van der Waals surface area contributed by atoms with Crippen LogP contribution in [0.5, 0.6) is 23.0 Å². The Hall–Kier alpha value is -4.01. The number of aromatic nitrogens is 3. The smallest absolute Gasteiger partial charge is 0.226 e. The molecule has 1 N–H and O–H groups in total. The van der Waals surface area contributed by atoms with Crippen LogP contribution in [0.4, 0.5) is 5.95 Å². The third-order valence-electron chi connectivity index (χ3n) is 6.22. The average Bonchev–Trinajstić information content (AvgIpc) is 3.30. The lowest BCUT2D eigenvalue weighted by Crippen LogP contribution is -2.31. The van der Waals surface area contributed by atoms with Gasteiger partial charge >= 0.3 is 0 Å². The van der Waals surface area contributed by atoms with Crippen LogP contribution in [0.15, 0.2) is 47.7 Å². The Balaban J connectivity index is 1.65. The van der Waals surface area contributed by atoms with Gasteiger partial charge in [-0.1, -0.05) is 12.1 Å². The molecule has 2 heterocycles. The van der Waals surface area contributed by atoms with Gasteiger partial charge in [0, 0.05) is 23.3 Å². The fourth-order valence-corrected chi connectivity index (χ4v) is 4.58. The largest absolute Gasteiger partial charge is 0.497 e. The van der Waals surface area contributed by atoms with E-state index in [4.69, 9.17) is 29.0 Å². The second-order valence-corrected chi connectivity index (χ2v) is 8.09. The van der Waals surface area contributed by atoms with Crippen molar-refractivity contribution in [2.75, 3.05) is 33.8 Å². The van der Waals surface area contributed by atoms with E-state index < -0.39 is 0 Å². The Morgan fingerprint density at radius 3 is 2.26 bits per heavy atom. The summed E-state index contributed by atoms with van der Waals surface area (Å²) in [5.41, 5.74) is 3.29. The third kappa shape index (κ3) is 3.53. The number of nitrogens with zero attached hydrogens (tertiary/aromatic N) is 3. The minimum absolute atomic E-state index is 0.130. The van der Waals surface area contributed by atoms with Gasteiger partial charge in [0.05, 0.1) is 28.4 Å². The van der Waals surface area contributed by atoms with Crippen LogP contribution in [0, 0.1) is 0 Å². The maximum absolute atomic E-state index is 13.0. The Bertz CT molecular complexity index is 1250. The van der Waals surface area contributed by atoms with Crippen LogP contribution >= 0.6 is 0 Å². The number of ketones is 1. The molecule has 0 amide bonds. The standard InChI is InChI=1S/C25H26N4O5/c1-31-16-10-8-14(9-11-16)22-21-17(6-5-7-18(21)30)26-25-27-24(28-29(22)25)15-12-19(32-2)23(34-4)20(13-15)33-3/h8-13,22H,5-7H2,1-4H3,(H,26,27,28)/t22-/m1/s1. The average molecular weight is 463 g/mol. The minimum atomic E-state index is -0.381. The number of Topliss-reactive ketones (excluding diaryl/α,β-unsaturated/α-hetero) is 1.